The molecule has 2 aromatic carbocycles. The summed E-state index contributed by atoms with van der Waals surface area (Å²) in [6.45, 7) is 2.01. The van der Waals surface area contributed by atoms with E-state index in [0.717, 1.165) is 22.3 Å². The van der Waals surface area contributed by atoms with Crippen LogP contribution >= 0.6 is 23.2 Å². The topological polar surface area (TPSA) is 43.8 Å². The van der Waals surface area contributed by atoms with Gasteiger partial charge in [-0.15, -0.1) is 0 Å². The molecule has 1 aromatic heterocycles. The van der Waals surface area contributed by atoms with Crippen molar-refractivity contribution in [3.8, 4) is 5.69 Å². The van der Waals surface area contributed by atoms with Crippen molar-refractivity contribution in [1.29, 1.82) is 0 Å². The highest BCUT2D eigenvalue weighted by Crippen LogP contribution is 2.29. The second-order valence-corrected chi connectivity index (χ2v) is 5.16. The van der Waals surface area contributed by atoms with Gasteiger partial charge in [0.1, 0.15) is 0 Å². The molecule has 0 unspecified atom stereocenters. The Morgan fingerprint density at radius 1 is 1.11 bits per heavy atom. The molecule has 0 aliphatic carbocycles. The summed E-state index contributed by atoms with van der Waals surface area (Å²) in [4.78, 5) is 4.41. The number of aryl methyl sites for hydroxylation is 1. The quantitative estimate of drug-likeness (QED) is 0.729. The summed E-state index contributed by atoms with van der Waals surface area (Å²) in [7, 11) is 0. The third-order valence-electron chi connectivity index (χ3n) is 3.07. The monoisotopic (exact) mass is 291 g/mol. The van der Waals surface area contributed by atoms with Crippen molar-refractivity contribution in [2.75, 3.05) is 5.73 Å². The van der Waals surface area contributed by atoms with Crippen LogP contribution in [0.3, 0.4) is 0 Å². The fourth-order valence-corrected chi connectivity index (χ4v) is 2.45. The lowest BCUT2D eigenvalue weighted by Gasteiger charge is -2.07. The van der Waals surface area contributed by atoms with Crippen LogP contribution in [0.4, 0.5) is 5.95 Å². The standard InChI is InChI=1S/C14H11Cl2N3/c1-8-3-2-4-12-13(8)18-14(17)19(12)9-5-6-10(15)11(16)7-9/h2-7H,1H3,(H2,17,18). The van der Waals surface area contributed by atoms with E-state index in [0.29, 0.717) is 16.0 Å². The predicted molar refractivity (Wildman–Crippen MR) is 80.2 cm³/mol. The molecule has 0 spiro atoms. The molecule has 3 aromatic rings. The Balaban J connectivity index is 2.33. The average Bonchev–Trinajstić information content (AvgIpc) is 2.71. The van der Waals surface area contributed by atoms with Gasteiger partial charge >= 0.3 is 0 Å². The van der Waals surface area contributed by atoms with Crippen LogP contribution in [0.2, 0.25) is 10.0 Å². The molecule has 0 atom stereocenters. The van der Waals surface area contributed by atoms with E-state index in [9.17, 15) is 0 Å². The molecule has 96 valence electrons. The van der Waals surface area contributed by atoms with E-state index in [2.05, 4.69) is 4.98 Å². The van der Waals surface area contributed by atoms with Gasteiger partial charge in [-0.05, 0) is 36.8 Å². The molecule has 3 rings (SSSR count). The van der Waals surface area contributed by atoms with Crippen LogP contribution in [0, 0.1) is 6.92 Å². The molecule has 0 radical (unpaired) electrons. The van der Waals surface area contributed by atoms with Crippen molar-refractivity contribution in [3.63, 3.8) is 0 Å². The summed E-state index contributed by atoms with van der Waals surface area (Å²) in [6.07, 6.45) is 0. The number of hydrogen-bond acceptors (Lipinski definition) is 2. The molecule has 0 aliphatic rings. The molecule has 0 saturated heterocycles. The smallest absolute Gasteiger partial charge is 0.205 e. The Morgan fingerprint density at radius 2 is 1.89 bits per heavy atom. The van der Waals surface area contributed by atoms with Gasteiger partial charge in [0.2, 0.25) is 5.95 Å². The van der Waals surface area contributed by atoms with Gasteiger partial charge in [-0.3, -0.25) is 4.57 Å². The number of para-hydroxylation sites is 1. The molecule has 2 N–H and O–H groups in total. The number of benzene rings is 2. The Morgan fingerprint density at radius 3 is 2.63 bits per heavy atom. The van der Waals surface area contributed by atoms with Crippen LogP contribution in [-0.4, -0.2) is 9.55 Å². The fourth-order valence-electron chi connectivity index (χ4n) is 2.15. The highest BCUT2D eigenvalue weighted by Gasteiger charge is 2.12. The van der Waals surface area contributed by atoms with Crippen LogP contribution in [0.5, 0.6) is 0 Å². The normalized spacial score (nSPS) is 11.1. The van der Waals surface area contributed by atoms with Gasteiger partial charge in [0, 0.05) is 0 Å². The first-order chi connectivity index (χ1) is 9.08. The van der Waals surface area contributed by atoms with Crippen LogP contribution in [0.25, 0.3) is 16.7 Å². The zero-order valence-corrected chi connectivity index (χ0v) is 11.7. The number of halogens is 2. The van der Waals surface area contributed by atoms with E-state index >= 15 is 0 Å². The molecule has 0 saturated carbocycles. The van der Waals surface area contributed by atoms with Crippen molar-refractivity contribution < 1.29 is 0 Å². The first-order valence-electron chi connectivity index (χ1n) is 5.77. The summed E-state index contributed by atoms with van der Waals surface area (Å²) < 4.78 is 1.87. The van der Waals surface area contributed by atoms with Crippen LogP contribution in [0.1, 0.15) is 5.56 Å². The Bertz CT molecular complexity index is 778. The van der Waals surface area contributed by atoms with Crippen LogP contribution < -0.4 is 5.73 Å². The van der Waals surface area contributed by atoms with Gasteiger partial charge in [0.25, 0.3) is 0 Å². The Hall–Kier alpha value is -1.71. The lowest BCUT2D eigenvalue weighted by atomic mass is 10.2. The molecule has 3 nitrogen and oxygen atoms in total. The van der Waals surface area contributed by atoms with Gasteiger partial charge in [0.15, 0.2) is 0 Å². The highest BCUT2D eigenvalue weighted by atomic mass is 35.5. The first-order valence-corrected chi connectivity index (χ1v) is 6.52. The minimum Gasteiger partial charge on any atom is -0.369 e. The molecular weight excluding hydrogens is 281 g/mol. The second-order valence-electron chi connectivity index (χ2n) is 4.35. The zero-order chi connectivity index (χ0) is 13.6. The first kappa shape index (κ1) is 12.3. The number of nitrogen functional groups attached to an aromatic ring is 1. The third-order valence-corrected chi connectivity index (χ3v) is 3.81. The summed E-state index contributed by atoms with van der Waals surface area (Å²) in [5.41, 5.74) is 9.80. The van der Waals surface area contributed by atoms with Crippen molar-refractivity contribution in [2.45, 2.75) is 6.92 Å². The molecule has 5 heteroatoms. The van der Waals surface area contributed by atoms with E-state index < -0.39 is 0 Å². The third kappa shape index (κ3) is 1.95. The van der Waals surface area contributed by atoms with Gasteiger partial charge in [-0.2, -0.15) is 0 Å². The van der Waals surface area contributed by atoms with E-state index in [4.69, 9.17) is 28.9 Å². The molecule has 1 heterocycles. The molecule has 19 heavy (non-hydrogen) atoms. The predicted octanol–water partition coefficient (Wildman–Crippen LogP) is 4.22. The summed E-state index contributed by atoms with van der Waals surface area (Å²) >= 11 is 12.0. The van der Waals surface area contributed by atoms with Gasteiger partial charge in [-0.25, -0.2) is 4.98 Å². The lowest BCUT2D eigenvalue weighted by Crippen LogP contribution is -2.00. The van der Waals surface area contributed by atoms with Crippen molar-refractivity contribution >= 4 is 40.2 Å². The number of nitrogens with two attached hydrogens (primary N) is 1. The maximum absolute atomic E-state index is 6.06. The van der Waals surface area contributed by atoms with Gasteiger partial charge in [-0.1, -0.05) is 35.3 Å². The molecule has 0 bridgehead atoms. The number of anilines is 1. The van der Waals surface area contributed by atoms with Gasteiger partial charge < -0.3 is 5.73 Å². The second kappa shape index (κ2) is 4.44. The lowest BCUT2D eigenvalue weighted by molar-refractivity contribution is 1.11. The number of nitrogens with zero attached hydrogens (tertiary/aromatic N) is 2. The van der Waals surface area contributed by atoms with E-state index in [1.165, 1.54) is 0 Å². The maximum Gasteiger partial charge on any atom is 0.205 e. The van der Waals surface area contributed by atoms with Crippen LogP contribution in [0.15, 0.2) is 36.4 Å². The summed E-state index contributed by atoms with van der Waals surface area (Å²) in [6, 6.07) is 11.4. The van der Waals surface area contributed by atoms with Gasteiger partial charge in [0.05, 0.1) is 26.8 Å². The molecule has 0 amide bonds. The maximum atomic E-state index is 6.06. The van der Waals surface area contributed by atoms with Crippen molar-refractivity contribution in [1.82, 2.24) is 9.55 Å². The molecule has 0 fully saturated rings. The largest absolute Gasteiger partial charge is 0.369 e. The van der Waals surface area contributed by atoms with E-state index in [-0.39, 0.29) is 0 Å². The van der Waals surface area contributed by atoms with Crippen molar-refractivity contribution in [3.05, 3.63) is 52.0 Å². The minimum atomic E-state index is 0.433. The van der Waals surface area contributed by atoms with E-state index in [1.54, 1.807) is 12.1 Å². The molecular formula is C14H11Cl2N3. The number of fused-ring (bicyclic) bond motifs is 1. The molecule has 0 aliphatic heterocycles. The fraction of sp³-hybridized carbons (Fsp3) is 0.0714. The van der Waals surface area contributed by atoms with E-state index in [1.807, 2.05) is 35.8 Å². The van der Waals surface area contributed by atoms with Crippen molar-refractivity contribution in [2.24, 2.45) is 0 Å². The summed E-state index contributed by atoms with van der Waals surface area (Å²) in [5, 5.41) is 1.01. The highest BCUT2D eigenvalue weighted by molar-refractivity contribution is 6.42. The Labute approximate surface area is 120 Å². The number of aromatic nitrogens is 2. The Kier molecular flexibility index (Phi) is 2.88. The number of imidazole rings is 1. The SMILES string of the molecule is Cc1cccc2c1nc(N)n2-c1ccc(Cl)c(Cl)c1. The zero-order valence-electron chi connectivity index (χ0n) is 10.2. The number of rotatable bonds is 1. The summed E-state index contributed by atoms with van der Waals surface area (Å²) in [5.74, 6) is 0.433. The average molecular weight is 292 g/mol. The van der Waals surface area contributed by atoms with Crippen LogP contribution in [-0.2, 0) is 0 Å². The number of hydrogen-bond donors (Lipinski definition) is 1. The minimum absolute atomic E-state index is 0.433.